The van der Waals surface area contributed by atoms with Gasteiger partial charge in [-0.25, -0.2) is 4.57 Å². The van der Waals surface area contributed by atoms with Crippen molar-refractivity contribution in [3.05, 3.63) is 29.8 Å². The summed E-state index contributed by atoms with van der Waals surface area (Å²) in [5, 5.41) is 0. The van der Waals surface area contributed by atoms with Crippen molar-refractivity contribution in [3.8, 4) is 5.75 Å². The van der Waals surface area contributed by atoms with Crippen molar-refractivity contribution >= 4 is 7.82 Å². The maximum atomic E-state index is 11.6. The van der Waals surface area contributed by atoms with E-state index in [4.69, 9.17) is 18.3 Å². The molecule has 0 unspecified atom stereocenters. The molecule has 3 aliphatic heterocycles. The Hall–Kier alpha value is -0.870. The van der Waals surface area contributed by atoms with Crippen molar-refractivity contribution in [3.63, 3.8) is 0 Å². The molecule has 5 nitrogen and oxygen atoms in total. The van der Waals surface area contributed by atoms with Crippen molar-refractivity contribution < 1.29 is 22.9 Å². The van der Waals surface area contributed by atoms with Crippen LogP contribution in [0.3, 0.4) is 0 Å². The van der Waals surface area contributed by atoms with Gasteiger partial charge < -0.3 is 4.74 Å². The molecule has 1 aromatic carbocycles. The predicted octanol–water partition coefficient (Wildman–Crippen LogP) is 2.30. The van der Waals surface area contributed by atoms with E-state index in [1.54, 1.807) is 0 Å². The number of phosphoric ester groups is 1. The molecular weight excluding hydrogens is 243 g/mol. The highest BCUT2D eigenvalue weighted by molar-refractivity contribution is 7.48. The fraction of sp³-hybridized carbons (Fsp3) is 0.455. The number of hydrogen-bond donors (Lipinski definition) is 0. The van der Waals surface area contributed by atoms with E-state index in [9.17, 15) is 4.57 Å². The maximum absolute atomic E-state index is 11.6. The van der Waals surface area contributed by atoms with E-state index >= 15 is 0 Å². The first-order chi connectivity index (χ1) is 8.09. The van der Waals surface area contributed by atoms with E-state index in [1.807, 2.05) is 31.2 Å². The SMILES string of the molecule is Cc1cccc(OC23COP(=O)(OC2)OC3)c1. The topological polar surface area (TPSA) is 54.0 Å². The zero-order valence-corrected chi connectivity index (χ0v) is 10.3. The van der Waals surface area contributed by atoms with Crippen LogP contribution in [0.5, 0.6) is 5.75 Å². The Morgan fingerprint density at radius 3 is 2.47 bits per heavy atom. The largest absolute Gasteiger partial charge is 0.480 e. The van der Waals surface area contributed by atoms with Crippen molar-refractivity contribution in [2.24, 2.45) is 0 Å². The second kappa shape index (κ2) is 3.82. The van der Waals surface area contributed by atoms with Crippen LogP contribution in [0.15, 0.2) is 24.3 Å². The normalized spacial score (nSPS) is 35.8. The summed E-state index contributed by atoms with van der Waals surface area (Å²) in [5.74, 6) is 0.736. The molecule has 92 valence electrons. The van der Waals surface area contributed by atoms with E-state index in [0.717, 1.165) is 11.3 Å². The smallest absolute Gasteiger partial charge is 0.475 e. The Bertz CT molecular complexity index is 455. The minimum atomic E-state index is -3.27. The van der Waals surface area contributed by atoms with Gasteiger partial charge in [0.2, 0.25) is 0 Å². The summed E-state index contributed by atoms with van der Waals surface area (Å²) in [6.07, 6.45) is 0. The summed E-state index contributed by atoms with van der Waals surface area (Å²) in [7, 11) is -3.27. The molecule has 3 saturated heterocycles. The molecule has 6 heteroatoms. The molecule has 3 heterocycles. The summed E-state index contributed by atoms with van der Waals surface area (Å²) in [4.78, 5) is 0. The molecule has 0 amide bonds. The molecular formula is C11H13O5P. The minimum absolute atomic E-state index is 0.234. The molecule has 0 aromatic heterocycles. The van der Waals surface area contributed by atoms with Gasteiger partial charge in [0, 0.05) is 0 Å². The van der Waals surface area contributed by atoms with Gasteiger partial charge in [-0.15, -0.1) is 0 Å². The van der Waals surface area contributed by atoms with Crippen LogP contribution in [0.2, 0.25) is 0 Å². The summed E-state index contributed by atoms with van der Waals surface area (Å²) in [5.41, 5.74) is 0.430. The molecule has 0 N–H and O–H groups in total. The Morgan fingerprint density at radius 2 is 1.88 bits per heavy atom. The number of ether oxygens (including phenoxy) is 1. The number of rotatable bonds is 2. The Balaban J connectivity index is 1.79. The van der Waals surface area contributed by atoms with Gasteiger partial charge in [-0.1, -0.05) is 12.1 Å². The number of benzene rings is 1. The third-order valence-electron chi connectivity index (χ3n) is 2.78. The first-order valence-corrected chi connectivity index (χ1v) is 6.85. The number of phosphoric acid groups is 1. The van der Waals surface area contributed by atoms with E-state index in [-0.39, 0.29) is 19.8 Å². The number of hydrogen-bond acceptors (Lipinski definition) is 5. The molecule has 0 saturated carbocycles. The first-order valence-electron chi connectivity index (χ1n) is 5.39. The highest BCUT2D eigenvalue weighted by Gasteiger charge is 2.52. The summed E-state index contributed by atoms with van der Waals surface area (Å²) in [6.45, 7) is 2.69. The highest BCUT2D eigenvalue weighted by Crippen LogP contribution is 2.58. The lowest BCUT2D eigenvalue weighted by Crippen LogP contribution is -2.55. The Morgan fingerprint density at radius 1 is 1.24 bits per heavy atom. The van der Waals surface area contributed by atoms with Gasteiger partial charge in [-0.2, -0.15) is 0 Å². The standard InChI is InChI=1S/C11H13O5P/c1-9-3-2-4-10(5-9)16-11-6-13-17(12,14-7-11)15-8-11/h2-5H,6-8H2,1H3. The molecule has 1 aromatic rings. The quantitative estimate of drug-likeness (QED) is 0.760. The summed E-state index contributed by atoms with van der Waals surface area (Å²) in [6, 6.07) is 7.70. The third-order valence-corrected chi connectivity index (χ3v) is 4.12. The van der Waals surface area contributed by atoms with Gasteiger partial charge in [0.1, 0.15) is 25.6 Å². The highest BCUT2D eigenvalue weighted by atomic mass is 31.2. The lowest BCUT2D eigenvalue weighted by Gasteiger charge is -2.43. The van der Waals surface area contributed by atoms with Crippen LogP contribution in [0.1, 0.15) is 5.56 Å². The van der Waals surface area contributed by atoms with Gasteiger partial charge in [-0.3, -0.25) is 13.6 Å². The maximum Gasteiger partial charge on any atom is 0.475 e. The monoisotopic (exact) mass is 256 g/mol. The molecule has 17 heavy (non-hydrogen) atoms. The predicted molar refractivity (Wildman–Crippen MR) is 60.0 cm³/mol. The van der Waals surface area contributed by atoms with Crippen LogP contribution in [-0.4, -0.2) is 25.4 Å². The Kier molecular flexibility index (Phi) is 2.52. The first kappa shape index (κ1) is 11.2. The van der Waals surface area contributed by atoms with Crippen LogP contribution < -0.4 is 4.74 Å². The summed E-state index contributed by atoms with van der Waals surface area (Å²) >= 11 is 0. The lowest BCUT2D eigenvalue weighted by atomic mass is 10.1. The van der Waals surface area contributed by atoms with Crippen LogP contribution in [0.25, 0.3) is 0 Å². The molecule has 2 bridgehead atoms. The van der Waals surface area contributed by atoms with Crippen LogP contribution in [-0.2, 0) is 18.1 Å². The fourth-order valence-corrected chi connectivity index (χ4v) is 3.25. The van der Waals surface area contributed by atoms with Crippen LogP contribution in [0.4, 0.5) is 0 Å². The van der Waals surface area contributed by atoms with Gasteiger partial charge in [-0.05, 0) is 24.6 Å². The van der Waals surface area contributed by atoms with E-state index < -0.39 is 13.4 Å². The van der Waals surface area contributed by atoms with Gasteiger partial charge in [0.15, 0.2) is 5.60 Å². The number of aryl methyl sites for hydroxylation is 1. The van der Waals surface area contributed by atoms with Gasteiger partial charge in [0.05, 0.1) is 0 Å². The fourth-order valence-electron chi connectivity index (χ4n) is 1.84. The zero-order chi connectivity index (χ0) is 11.9. The minimum Gasteiger partial charge on any atom is -0.480 e. The molecule has 4 rings (SSSR count). The lowest BCUT2D eigenvalue weighted by molar-refractivity contribution is -0.137. The third kappa shape index (κ3) is 2.11. The van der Waals surface area contributed by atoms with E-state index in [2.05, 4.69) is 0 Å². The van der Waals surface area contributed by atoms with Crippen molar-refractivity contribution in [2.45, 2.75) is 12.5 Å². The van der Waals surface area contributed by atoms with Crippen LogP contribution in [0, 0.1) is 6.92 Å². The van der Waals surface area contributed by atoms with E-state index in [0.29, 0.717) is 0 Å². The van der Waals surface area contributed by atoms with Gasteiger partial charge in [0.25, 0.3) is 0 Å². The summed E-state index contributed by atoms with van der Waals surface area (Å²) < 4.78 is 32.6. The molecule has 0 spiro atoms. The zero-order valence-electron chi connectivity index (χ0n) is 9.42. The van der Waals surface area contributed by atoms with E-state index in [1.165, 1.54) is 0 Å². The van der Waals surface area contributed by atoms with Crippen molar-refractivity contribution in [1.29, 1.82) is 0 Å². The van der Waals surface area contributed by atoms with Gasteiger partial charge >= 0.3 is 7.82 Å². The average molecular weight is 256 g/mol. The second-order valence-electron chi connectivity index (χ2n) is 4.37. The molecule has 0 radical (unpaired) electrons. The molecule has 0 atom stereocenters. The van der Waals surface area contributed by atoms with Crippen molar-refractivity contribution in [2.75, 3.05) is 19.8 Å². The van der Waals surface area contributed by atoms with Crippen molar-refractivity contribution in [1.82, 2.24) is 0 Å². The second-order valence-corrected chi connectivity index (χ2v) is 6.04. The molecule has 0 aliphatic carbocycles. The average Bonchev–Trinajstić information content (AvgIpc) is 2.31. The Labute approximate surface area is 99.2 Å². The molecule has 3 aliphatic rings. The number of fused-ring (bicyclic) bond motifs is 3. The van der Waals surface area contributed by atoms with Crippen LogP contribution >= 0.6 is 7.82 Å². The molecule has 3 fully saturated rings.